The van der Waals surface area contributed by atoms with Crippen molar-refractivity contribution in [1.82, 2.24) is 10.7 Å². The average Bonchev–Trinajstić information content (AvgIpc) is 3.21. The molecule has 30 heavy (non-hydrogen) atoms. The van der Waals surface area contributed by atoms with Gasteiger partial charge in [-0.3, -0.25) is 14.4 Å². The molecular formula is C22H20N4O4. The summed E-state index contributed by atoms with van der Waals surface area (Å²) in [4.78, 5) is 35.6. The fraction of sp³-hybridized carbons (Fsp3) is 0.0909. The Labute approximate surface area is 173 Å². The van der Waals surface area contributed by atoms with Crippen molar-refractivity contribution in [2.75, 3.05) is 5.32 Å². The maximum Gasteiger partial charge on any atom is 0.313 e. The molecular weight excluding hydrogens is 384 g/mol. The topological polar surface area (TPSA) is 113 Å². The van der Waals surface area contributed by atoms with Gasteiger partial charge >= 0.3 is 11.8 Å². The summed E-state index contributed by atoms with van der Waals surface area (Å²) in [6, 6.07) is 21.3. The van der Waals surface area contributed by atoms with Crippen LogP contribution >= 0.6 is 0 Å². The molecule has 2 aromatic carbocycles. The van der Waals surface area contributed by atoms with Gasteiger partial charge in [0, 0.05) is 5.69 Å². The average molecular weight is 404 g/mol. The highest BCUT2D eigenvalue weighted by Gasteiger charge is 2.14. The van der Waals surface area contributed by atoms with Crippen LogP contribution in [0.4, 0.5) is 5.69 Å². The summed E-state index contributed by atoms with van der Waals surface area (Å²) in [5.74, 6) is -0.962. The number of para-hydroxylation sites is 1. The van der Waals surface area contributed by atoms with Crippen molar-refractivity contribution in [3.63, 3.8) is 0 Å². The Hall–Kier alpha value is -4.20. The Kier molecular flexibility index (Phi) is 7.10. The first-order chi connectivity index (χ1) is 14.6. The number of hydrogen-bond acceptors (Lipinski definition) is 5. The summed E-state index contributed by atoms with van der Waals surface area (Å²) in [7, 11) is 0. The zero-order chi connectivity index (χ0) is 21.2. The fourth-order valence-electron chi connectivity index (χ4n) is 2.50. The zero-order valence-electron chi connectivity index (χ0n) is 16.0. The van der Waals surface area contributed by atoms with Crippen LogP contribution in [0.3, 0.4) is 0 Å². The van der Waals surface area contributed by atoms with Gasteiger partial charge < -0.3 is 15.1 Å². The monoisotopic (exact) mass is 404 g/mol. The van der Waals surface area contributed by atoms with Crippen molar-refractivity contribution in [2.45, 2.75) is 13.0 Å². The van der Waals surface area contributed by atoms with Crippen molar-refractivity contribution >= 4 is 29.6 Å². The number of nitrogens with zero attached hydrogens (tertiary/aromatic N) is 1. The van der Waals surface area contributed by atoms with E-state index in [1.165, 1.54) is 6.21 Å². The second-order valence-electron chi connectivity index (χ2n) is 6.26. The van der Waals surface area contributed by atoms with E-state index < -0.39 is 11.8 Å². The van der Waals surface area contributed by atoms with Crippen molar-refractivity contribution in [1.29, 1.82) is 0 Å². The third-order valence-electron chi connectivity index (χ3n) is 3.93. The predicted octanol–water partition coefficient (Wildman–Crippen LogP) is 2.23. The number of carbonyl (C=O) groups is 3. The smallest absolute Gasteiger partial charge is 0.313 e. The molecule has 0 aliphatic rings. The lowest BCUT2D eigenvalue weighted by molar-refractivity contribution is -0.136. The molecule has 3 aromatic rings. The summed E-state index contributed by atoms with van der Waals surface area (Å²) in [6.07, 6.45) is 1.58. The lowest BCUT2D eigenvalue weighted by atomic mass is 10.1. The van der Waals surface area contributed by atoms with E-state index >= 15 is 0 Å². The van der Waals surface area contributed by atoms with Crippen LogP contribution in [0.5, 0.6) is 0 Å². The molecule has 3 N–H and O–H groups in total. The van der Waals surface area contributed by atoms with Gasteiger partial charge in [0.25, 0.3) is 0 Å². The molecule has 1 aromatic heterocycles. The molecule has 3 rings (SSSR count). The first-order valence-electron chi connectivity index (χ1n) is 9.19. The highest BCUT2D eigenvalue weighted by Crippen LogP contribution is 2.07. The van der Waals surface area contributed by atoms with Crippen molar-refractivity contribution in [3.05, 3.63) is 89.9 Å². The molecule has 1 heterocycles. The number of hydrogen-bond donors (Lipinski definition) is 3. The van der Waals surface area contributed by atoms with Crippen molar-refractivity contribution in [3.8, 4) is 0 Å². The fourth-order valence-corrected chi connectivity index (χ4v) is 2.50. The molecule has 0 fully saturated rings. The Balaban J connectivity index is 1.42. The third-order valence-corrected chi connectivity index (χ3v) is 3.93. The molecule has 0 atom stereocenters. The number of hydrazone groups is 1. The lowest BCUT2D eigenvalue weighted by Gasteiger charge is -2.05. The SMILES string of the molecule is O=C(Cc1ccccc1)N/N=C\c1ccc(CNC(=O)C(=O)Nc2ccccc2)o1. The van der Waals surface area contributed by atoms with Gasteiger partial charge in [-0.05, 0) is 29.8 Å². The second-order valence-corrected chi connectivity index (χ2v) is 6.26. The predicted molar refractivity (Wildman–Crippen MR) is 112 cm³/mol. The Morgan fingerprint density at radius 2 is 1.57 bits per heavy atom. The molecule has 0 saturated carbocycles. The van der Waals surface area contributed by atoms with Gasteiger partial charge in [0.2, 0.25) is 5.91 Å². The number of benzene rings is 2. The van der Waals surface area contributed by atoms with Crippen LogP contribution in [-0.2, 0) is 27.3 Å². The van der Waals surface area contributed by atoms with Crippen LogP contribution in [0.15, 0.2) is 82.3 Å². The maximum atomic E-state index is 11.9. The van der Waals surface area contributed by atoms with Gasteiger partial charge in [0.05, 0.1) is 19.2 Å². The van der Waals surface area contributed by atoms with Crippen LogP contribution in [-0.4, -0.2) is 23.9 Å². The number of anilines is 1. The Morgan fingerprint density at radius 3 is 2.30 bits per heavy atom. The van der Waals surface area contributed by atoms with Crippen LogP contribution in [0.1, 0.15) is 17.1 Å². The number of carbonyl (C=O) groups excluding carboxylic acids is 3. The van der Waals surface area contributed by atoms with Crippen molar-refractivity contribution in [2.24, 2.45) is 5.10 Å². The van der Waals surface area contributed by atoms with E-state index in [1.807, 2.05) is 36.4 Å². The quantitative estimate of drug-likeness (QED) is 0.318. The summed E-state index contributed by atoms with van der Waals surface area (Å²) < 4.78 is 5.49. The number of amides is 3. The largest absolute Gasteiger partial charge is 0.458 e. The molecule has 0 spiro atoms. The van der Waals surface area contributed by atoms with Crippen molar-refractivity contribution < 1.29 is 18.8 Å². The standard InChI is InChI=1S/C22H20N4O4/c27-20(13-16-7-3-1-4-8-16)26-24-15-19-12-11-18(30-19)14-23-21(28)22(29)25-17-9-5-2-6-10-17/h1-12,15H,13-14H2,(H,23,28)(H,25,29)(H,26,27)/b24-15-. The van der Waals surface area contributed by atoms with E-state index in [1.54, 1.807) is 36.4 Å². The number of furan rings is 1. The number of nitrogens with one attached hydrogen (secondary N) is 3. The molecule has 0 saturated heterocycles. The third kappa shape index (κ3) is 6.45. The van der Waals surface area contributed by atoms with Gasteiger partial charge in [0.1, 0.15) is 11.5 Å². The van der Waals surface area contributed by atoms with Gasteiger partial charge in [-0.15, -0.1) is 0 Å². The van der Waals surface area contributed by atoms with E-state index in [4.69, 9.17) is 4.42 Å². The molecule has 0 aliphatic carbocycles. The molecule has 8 nitrogen and oxygen atoms in total. The zero-order valence-corrected chi connectivity index (χ0v) is 16.0. The minimum Gasteiger partial charge on any atom is -0.458 e. The molecule has 0 aliphatic heterocycles. The van der Waals surface area contributed by atoms with Gasteiger partial charge in [-0.2, -0.15) is 5.10 Å². The molecule has 0 bridgehead atoms. The minimum atomic E-state index is -0.779. The van der Waals surface area contributed by atoms with Crippen LogP contribution < -0.4 is 16.1 Å². The second kappa shape index (κ2) is 10.4. The van der Waals surface area contributed by atoms with E-state index in [9.17, 15) is 14.4 Å². The lowest BCUT2D eigenvalue weighted by Crippen LogP contribution is -2.34. The summed E-state index contributed by atoms with van der Waals surface area (Å²) in [5.41, 5.74) is 3.84. The van der Waals surface area contributed by atoms with Gasteiger partial charge in [0.15, 0.2) is 0 Å². The van der Waals surface area contributed by atoms with E-state index in [0.717, 1.165) is 5.56 Å². The van der Waals surface area contributed by atoms with Gasteiger partial charge in [-0.1, -0.05) is 48.5 Å². The summed E-state index contributed by atoms with van der Waals surface area (Å²) in [6.45, 7) is 0.0370. The maximum absolute atomic E-state index is 11.9. The highest BCUT2D eigenvalue weighted by molar-refractivity contribution is 6.39. The summed E-state index contributed by atoms with van der Waals surface area (Å²) in [5, 5.41) is 8.82. The first-order valence-corrected chi connectivity index (χ1v) is 9.19. The first kappa shape index (κ1) is 20.5. The minimum absolute atomic E-state index is 0.0370. The van der Waals surface area contributed by atoms with E-state index in [2.05, 4.69) is 21.2 Å². The Morgan fingerprint density at radius 1 is 0.867 bits per heavy atom. The van der Waals surface area contributed by atoms with Gasteiger partial charge in [-0.25, -0.2) is 5.43 Å². The molecule has 0 unspecified atom stereocenters. The van der Waals surface area contributed by atoms with E-state index in [0.29, 0.717) is 17.2 Å². The summed E-state index contributed by atoms with van der Waals surface area (Å²) >= 11 is 0. The molecule has 8 heteroatoms. The van der Waals surface area contributed by atoms with Crippen LogP contribution in [0.2, 0.25) is 0 Å². The van der Waals surface area contributed by atoms with Crippen LogP contribution in [0.25, 0.3) is 0 Å². The molecule has 3 amide bonds. The normalized spacial score (nSPS) is 10.5. The Bertz CT molecular complexity index is 1030. The number of rotatable bonds is 7. The molecule has 152 valence electrons. The van der Waals surface area contributed by atoms with E-state index in [-0.39, 0.29) is 18.9 Å². The molecule has 0 radical (unpaired) electrons. The highest BCUT2D eigenvalue weighted by atomic mass is 16.3. The van der Waals surface area contributed by atoms with Crippen LogP contribution in [0, 0.1) is 0 Å².